The van der Waals surface area contributed by atoms with Crippen LogP contribution in [0.4, 0.5) is 4.39 Å². The molecular formula is C20H18ClFN2OS2. The number of rotatable bonds is 4. The Morgan fingerprint density at radius 2 is 1.93 bits per heavy atom. The van der Waals surface area contributed by atoms with E-state index in [1.165, 1.54) is 6.07 Å². The minimum Gasteiger partial charge on any atom is -0.390 e. The molecule has 1 fully saturated rings. The SMILES string of the molecule is Cc1nc(CO)cn1-c1ccc(Cl)cc1C1(c2ccccc2F)SCCS1. The third-order valence-corrected chi connectivity index (χ3v) is 8.30. The minimum atomic E-state index is -0.582. The Labute approximate surface area is 171 Å². The van der Waals surface area contributed by atoms with Crippen molar-refractivity contribution in [2.24, 2.45) is 0 Å². The van der Waals surface area contributed by atoms with Crippen molar-refractivity contribution >= 4 is 35.1 Å². The van der Waals surface area contributed by atoms with Crippen molar-refractivity contribution in [1.29, 1.82) is 0 Å². The number of benzene rings is 2. The second-order valence-corrected chi connectivity index (χ2v) is 9.58. The lowest BCUT2D eigenvalue weighted by molar-refractivity contribution is 0.277. The molecule has 0 saturated carbocycles. The number of aromatic nitrogens is 2. The molecule has 0 atom stereocenters. The van der Waals surface area contributed by atoms with Crippen molar-refractivity contribution in [2.45, 2.75) is 17.6 Å². The smallest absolute Gasteiger partial charge is 0.129 e. The summed E-state index contributed by atoms with van der Waals surface area (Å²) in [4.78, 5) is 4.40. The van der Waals surface area contributed by atoms with E-state index in [1.54, 1.807) is 29.6 Å². The lowest BCUT2D eigenvalue weighted by atomic mass is 10.0. The van der Waals surface area contributed by atoms with Gasteiger partial charge in [0.2, 0.25) is 0 Å². The molecule has 1 N–H and O–H groups in total. The van der Waals surface area contributed by atoms with Crippen LogP contribution >= 0.6 is 35.1 Å². The maximum Gasteiger partial charge on any atom is 0.129 e. The molecular weight excluding hydrogens is 403 g/mol. The molecule has 3 nitrogen and oxygen atoms in total. The first-order valence-electron chi connectivity index (χ1n) is 8.54. The number of hydrogen-bond acceptors (Lipinski definition) is 4. The largest absolute Gasteiger partial charge is 0.390 e. The van der Waals surface area contributed by atoms with Crippen LogP contribution in [-0.2, 0) is 10.7 Å². The van der Waals surface area contributed by atoms with E-state index in [1.807, 2.05) is 48.0 Å². The van der Waals surface area contributed by atoms with Crippen molar-refractivity contribution in [3.63, 3.8) is 0 Å². The molecule has 0 bridgehead atoms. The van der Waals surface area contributed by atoms with Gasteiger partial charge in [0.15, 0.2) is 0 Å². The van der Waals surface area contributed by atoms with Crippen LogP contribution in [0.25, 0.3) is 5.69 Å². The van der Waals surface area contributed by atoms with E-state index >= 15 is 0 Å². The van der Waals surface area contributed by atoms with E-state index < -0.39 is 4.08 Å². The highest BCUT2D eigenvalue weighted by atomic mass is 35.5. The molecule has 1 aromatic heterocycles. The lowest BCUT2D eigenvalue weighted by Crippen LogP contribution is -2.21. The monoisotopic (exact) mass is 420 g/mol. The Morgan fingerprint density at radius 1 is 1.19 bits per heavy atom. The van der Waals surface area contributed by atoms with Crippen LogP contribution in [0.1, 0.15) is 22.6 Å². The average molecular weight is 421 g/mol. The quantitative estimate of drug-likeness (QED) is 0.633. The Morgan fingerprint density at radius 3 is 2.59 bits per heavy atom. The number of halogens is 2. The van der Waals surface area contributed by atoms with Crippen LogP contribution in [0.3, 0.4) is 0 Å². The zero-order valence-electron chi connectivity index (χ0n) is 14.7. The molecule has 0 spiro atoms. The molecule has 1 aliphatic heterocycles. The summed E-state index contributed by atoms with van der Waals surface area (Å²) in [5, 5.41) is 10.1. The van der Waals surface area contributed by atoms with Gasteiger partial charge >= 0.3 is 0 Å². The van der Waals surface area contributed by atoms with Crippen LogP contribution in [-0.4, -0.2) is 26.2 Å². The standard InChI is InChI=1S/C20H18ClFN2OS2/c1-13-23-15(12-25)11-24(13)19-7-6-14(21)10-17(19)20(26-8-9-27-20)16-4-2-3-5-18(16)22/h2-7,10-11,25H,8-9,12H2,1H3. The summed E-state index contributed by atoms with van der Waals surface area (Å²) in [5.74, 6) is 2.40. The Balaban J connectivity index is 1.98. The fourth-order valence-electron chi connectivity index (χ4n) is 3.43. The summed E-state index contributed by atoms with van der Waals surface area (Å²) >= 11 is 9.82. The molecule has 0 amide bonds. The molecule has 140 valence electrons. The second-order valence-electron chi connectivity index (χ2n) is 6.26. The Hall–Kier alpha value is -1.47. The fourth-order valence-corrected chi connectivity index (χ4v) is 6.96. The summed E-state index contributed by atoms with van der Waals surface area (Å²) in [7, 11) is 0. The highest BCUT2D eigenvalue weighted by Crippen LogP contribution is 2.58. The van der Waals surface area contributed by atoms with Gasteiger partial charge in [-0.05, 0) is 31.2 Å². The third kappa shape index (κ3) is 3.29. The van der Waals surface area contributed by atoms with Gasteiger partial charge in [0.25, 0.3) is 0 Å². The molecule has 7 heteroatoms. The number of imidazole rings is 1. The predicted molar refractivity (Wildman–Crippen MR) is 111 cm³/mol. The lowest BCUT2D eigenvalue weighted by Gasteiger charge is -2.31. The molecule has 2 aromatic carbocycles. The van der Waals surface area contributed by atoms with Crippen molar-refractivity contribution in [3.8, 4) is 5.69 Å². The molecule has 0 aliphatic carbocycles. The van der Waals surface area contributed by atoms with Gasteiger partial charge in [0.1, 0.15) is 15.7 Å². The first kappa shape index (κ1) is 18.9. The second kappa shape index (κ2) is 7.51. The predicted octanol–water partition coefficient (Wildman–Crippen LogP) is 5.15. The normalized spacial score (nSPS) is 16.0. The number of thioether (sulfide) groups is 2. The van der Waals surface area contributed by atoms with Gasteiger partial charge < -0.3 is 9.67 Å². The summed E-state index contributed by atoms with van der Waals surface area (Å²) in [5.41, 5.74) is 3.09. The third-order valence-electron chi connectivity index (χ3n) is 4.59. The van der Waals surface area contributed by atoms with E-state index in [0.717, 1.165) is 28.6 Å². The van der Waals surface area contributed by atoms with E-state index in [0.29, 0.717) is 16.3 Å². The van der Waals surface area contributed by atoms with E-state index in [2.05, 4.69) is 4.98 Å². The van der Waals surface area contributed by atoms with Gasteiger partial charge in [-0.25, -0.2) is 9.37 Å². The van der Waals surface area contributed by atoms with Crippen LogP contribution in [0.15, 0.2) is 48.7 Å². The van der Waals surface area contributed by atoms with Gasteiger partial charge in [0, 0.05) is 33.9 Å². The van der Waals surface area contributed by atoms with Crippen LogP contribution in [0.5, 0.6) is 0 Å². The van der Waals surface area contributed by atoms with Crippen molar-refractivity contribution < 1.29 is 9.50 Å². The van der Waals surface area contributed by atoms with Crippen LogP contribution in [0, 0.1) is 12.7 Å². The highest BCUT2D eigenvalue weighted by Gasteiger charge is 2.43. The van der Waals surface area contributed by atoms with Crippen LogP contribution < -0.4 is 0 Å². The van der Waals surface area contributed by atoms with E-state index in [9.17, 15) is 9.50 Å². The number of aliphatic hydroxyl groups excluding tert-OH is 1. The van der Waals surface area contributed by atoms with Crippen molar-refractivity contribution in [1.82, 2.24) is 9.55 Å². The van der Waals surface area contributed by atoms with Crippen molar-refractivity contribution in [2.75, 3.05) is 11.5 Å². The highest BCUT2D eigenvalue weighted by molar-refractivity contribution is 8.20. The Bertz CT molecular complexity index is 986. The van der Waals surface area contributed by atoms with Crippen molar-refractivity contribution in [3.05, 3.63) is 82.1 Å². The van der Waals surface area contributed by atoms with E-state index in [-0.39, 0.29) is 12.4 Å². The summed E-state index contributed by atoms with van der Waals surface area (Å²) < 4.78 is 16.2. The molecule has 1 saturated heterocycles. The van der Waals surface area contributed by atoms with Gasteiger partial charge in [-0.2, -0.15) is 0 Å². The van der Waals surface area contributed by atoms with Gasteiger partial charge in [0.05, 0.1) is 18.0 Å². The number of hydrogen-bond donors (Lipinski definition) is 1. The maximum absolute atomic E-state index is 14.8. The van der Waals surface area contributed by atoms with E-state index in [4.69, 9.17) is 11.6 Å². The van der Waals surface area contributed by atoms with Gasteiger partial charge in [-0.1, -0.05) is 29.8 Å². The molecule has 0 radical (unpaired) electrons. The first-order valence-corrected chi connectivity index (χ1v) is 10.9. The number of aryl methyl sites for hydroxylation is 1. The zero-order chi connectivity index (χ0) is 19.0. The molecule has 3 aromatic rings. The Kier molecular flexibility index (Phi) is 5.25. The number of aliphatic hydroxyl groups is 1. The summed E-state index contributed by atoms with van der Waals surface area (Å²) in [6.45, 7) is 1.76. The average Bonchev–Trinajstić information content (AvgIpc) is 3.30. The topological polar surface area (TPSA) is 38.1 Å². The summed E-state index contributed by atoms with van der Waals surface area (Å²) in [6.07, 6.45) is 1.82. The van der Waals surface area contributed by atoms with Gasteiger partial charge in [-0.3, -0.25) is 0 Å². The molecule has 1 aliphatic rings. The first-order chi connectivity index (χ1) is 13.0. The molecule has 4 rings (SSSR count). The molecule has 0 unspecified atom stereocenters. The zero-order valence-corrected chi connectivity index (χ0v) is 17.0. The minimum absolute atomic E-state index is 0.126. The van der Waals surface area contributed by atoms with Gasteiger partial charge in [-0.15, -0.1) is 23.5 Å². The molecule has 27 heavy (non-hydrogen) atoms. The maximum atomic E-state index is 14.8. The van der Waals surface area contributed by atoms with Crippen LogP contribution in [0.2, 0.25) is 5.02 Å². The number of nitrogens with zero attached hydrogens (tertiary/aromatic N) is 2. The fraction of sp³-hybridized carbons (Fsp3) is 0.250. The molecule has 2 heterocycles. The summed E-state index contributed by atoms with van der Waals surface area (Å²) in [6, 6.07) is 12.6.